The number of carbonyl (C=O) groups is 2. The first-order chi connectivity index (χ1) is 19.1. The monoisotopic (exact) mass is 549 g/mol. The van der Waals surface area contributed by atoms with Crippen LogP contribution in [0.2, 0.25) is 0 Å². The molecule has 0 N–H and O–H groups in total. The molecule has 1 saturated heterocycles. The summed E-state index contributed by atoms with van der Waals surface area (Å²) in [7, 11) is 1.62. The number of nitrogens with zero attached hydrogens (tertiary/aromatic N) is 3. The van der Waals surface area contributed by atoms with Gasteiger partial charge >= 0.3 is 0 Å². The van der Waals surface area contributed by atoms with Gasteiger partial charge in [0.05, 0.1) is 17.7 Å². The van der Waals surface area contributed by atoms with E-state index < -0.39 is 4.33 Å². The van der Waals surface area contributed by atoms with E-state index in [4.69, 9.17) is 9.84 Å². The summed E-state index contributed by atoms with van der Waals surface area (Å²) in [6, 6.07) is 35.8. The Morgan fingerprint density at radius 3 is 2.00 bits per heavy atom. The van der Waals surface area contributed by atoms with Gasteiger partial charge in [0, 0.05) is 11.3 Å². The van der Waals surface area contributed by atoms with E-state index in [1.807, 2.05) is 109 Å². The van der Waals surface area contributed by atoms with E-state index in [1.54, 1.807) is 29.2 Å². The Morgan fingerprint density at radius 2 is 1.38 bits per heavy atom. The second kappa shape index (κ2) is 10.5. The minimum Gasteiger partial charge on any atom is -0.497 e. The van der Waals surface area contributed by atoms with E-state index in [1.165, 1.54) is 23.5 Å². The molecule has 1 amide bonds. The fraction of sp³-hybridized carbons (Fsp3) is 0.0645. The number of methoxy groups -OCH3 is 1. The van der Waals surface area contributed by atoms with E-state index >= 15 is 0 Å². The van der Waals surface area contributed by atoms with Crippen LogP contribution in [-0.4, -0.2) is 28.2 Å². The second-order valence-corrected chi connectivity index (χ2v) is 11.4. The van der Waals surface area contributed by atoms with E-state index in [2.05, 4.69) is 0 Å². The van der Waals surface area contributed by atoms with Crippen LogP contribution in [0, 0.1) is 0 Å². The number of rotatable bonds is 6. The Labute approximate surface area is 235 Å². The van der Waals surface area contributed by atoms with E-state index in [0.717, 1.165) is 17.0 Å². The summed E-state index contributed by atoms with van der Waals surface area (Å²) >= 11 is 2.67. The number of hydrazone groups is 1. The molecule has 4 aromatic carbocycles. The second-order valence-electron chi connectivity index (χ2n) is 8.76. The molecule has 0 unspecified atom stereocenters. The van der Waals surface area contributed by atoms with Gasteiger partial charge in [-0.1, -0.05) is 90.6 Å². The summed E-state index contributed by atoms with van der Waals surface area (Å²) in [4.78, 5) is 30.0. The SMILES string of the molecule is COc1ccc(/C=C2\S[C@]3(SC(C(=O)c4ccccc4)=NN3c3ccccc3)N(c3ccccc3)C2=O)cc1. The summed E-state index contributed by atoms with van der Waals surface area (Å²) < 4.78 is 4.20. The zero-order valence-electron chi connectivity index (χ0n) is 20.9. The minimum absolute atomic E-state index is 0.168. The Morgan fingerprint density at radius 1 is 0.795 bits per heavy atom. The molecular weight excluding hydrogens is 526 g/mol. The molecule has 6 nitrogen and oxygen atoms in total. The lowest BCUT2D eigenvalue weighted by Crippen LogP contribution is -2.51. The molecule has 8 heteroatoms. The van der Waals surface area contributed by atoms with E-state index in [-0.39, 0.29) is 11.7 Å². The number of amides is 1. The number of hydrogen-bond acceptors (Lipinski definition) is 7. The summed E-state index contributed by atoms with van der Waals surface area (Å²) in [5.74, 6) is 0.384. The van der Waals surface area contributed by atoms with Crippen LogP contribution < -0.4 is 14.6 Å². The van der Waals surface area contributed by atoms with Crippen molar-refractivity contribution in [1.29, 1.82) is 0 Å². The third-order valence-corrected chi connectivity index (χ3v) is 9.00. The van der Waals surface area contributed by atoms with Crippen LogP contribution in [-0.2, 0) is 4.79 Å². The van der Waals surface area contributed by atoms with Gasteiger partial charge in [0.15, 0.2) is 5.04 Å². The van der Waals surface area contributed by atoms with Crippen molar-refractivity contribution < 1.29 is 14.3 Å². The predicted octanol–water partition coefficient (Wildman–Crippen LogP) is 6.88. The number of ether oxygens (including phenoxy) is 1. The summed E-state index contributed by atoms with van der Waals surface area (Å²) in [6.45, 7) is 0. The number of ketones is 1. The van der Waals surface area contributed by atoms with Gasteiger partial charge in [-0.05, 0) is 59.8 Å². The first-order valence-corrected chi connectivity index (χ1v) is 13.9. The molecule has 0 bridgehead atoms. The molecule has 39 heavy (non-hydrogen) atoms. The molecule has 0 aromatic heterocycles. The molecule has 1 spiro atoms. The third kappa shape index (κ3) is 4.62. The van der Waals surface area contributed by atoms with Crippen molar-refractivity contribution in [2.24, 2.45) is 5.10 Å². The van der Waals surface area contributed by atoms with Gasteiger partial charge in [-0.15, -0.1) is 0 Å². The Kier molecular flexibility index (Phi) is 6.72. The Bertz CT molecular complexity index is 1580. The van der Waals surface area contributed by atoms with Crippen LogP contribution in [0.25, 0.3) is 6.08 Å². The molecule has 0 aliphatic carbocycles. The van der Waals surface area contributed by atoms with Crippen molar-refractivity contribution in [3.05, 3.63) is 131 Å². The van der Waals surface area contributed by atoms with Gasteiger partial charge in [0.2, 0.25) is 10.1 Å². The lowest BCUT2D eigenvalue weighted by Gasteiger charge is -2.38. The molecule has 2 aliphatic rings. The number of benzene rings is 4. The zero-order chi connectivity index (χ0) is 26.8. The molecule has 1 fully saturated rings. The van der Waals surface area contributed by atoms with Gasteiger partial charge in [0.25, 0.3) is 5.91 Å². The van der Waals surface area contributed by atoms with Gasteiger partial charge in [-0.3, -0.25) is 14.5 Å². The summed E-state index contributed by atoms with van der Waals surface area (Å²) in [6.07, 6.45) is 1.87. The highest BCUT2D eigenvalue weighted by Crippen LogP contribution is 2.59. The maximum atomic E-state index is 14.2. The number of carbonyl (C=O) groups excluding carboxylic acids is 2. The quantitative estimate of drug-likeness (QED) is 0.193. The van der Waals surface area contributed by atoms with Gasteiger partial charge in [-0.25, -0.2) is 5.01 Å². The van der Waals surface area contributed by atoms with E-state index in [9.17, 15) is 9.59 Å². The highest BCUT2D eigenvalue weighted by Gasteiger charge is 2.60. The van der Waals surface area contributed by atoms with E-state index in [0.29, 0.717) is 21.2 Å². The van der Waals surface area contributed by atoms with Gasteiger partial charge in [0.1, 0.15) is 5.75 Å². The fourth-order valence-electron chi connectivity index (χ4n) is 4.41. The van der Waals surface area contributed by atoms with Crippen LogP contribution in [0.1, 0.15) is 15.9 Å². The molecule has 4 aromatic rings. The van der Waals surface area contributed by atoms with Crippen LogP contribution in [0.5, 0.6) is 5.75 Å². The van der Waals surface area contributed by atoms with Crippen LogP contribution in [0.15, 0.2) is 125 Å². The highest BCUT2D eigenvalue weighted by molar-refractivity contribution is 8.29. The lowest BCUT2D eigenvalue weighted by molar-refractivity contribution is -0.114. The zero-order valence-corrected chi connectivity index (χ0v) is 22.6. The van der Waals surface area contributed by atoms with Gasteiger partial charge in [-0.2, -0.15) is 5.10 Å². The minimum atomic E-state index is -1.09. The molecule has 2 heterocycles. The number of para-hydroxylation sites is 2. The highest BCUT2D eigenvalue weighted by atomic mass is 32.2. The number of Topliss-reactive ketones (excluding diaryl/α,β-unsaturated/α-hetero) is 1. The van der Waals surface area contributed by atoms with Gasteiger partial charge < -0.3 is 4.74 Å². The number of anilines is 2. The van der Waals surface area contributed by atoms with Crippen molar-refractivity contribution in [1.82, 2.24) is 0 Å². The Hall–Kier alpha value is -4.27. The largest absolute Gasteiger partial charge is 0.497 e. The normalized spacial score (nSPS) is 19.6. The molecule has 6 rings (SSSR count). The maximum Gasteiger partial charge on any atom is 0.268 e. The van der Waals surface area contributed by atoms with Crippen molar-refractivity contribution in [2.45, 2.75) is 4.33 Å². The smallest absolute Gasteiger partial charge is 0.268 e. The van der Waals surface area contributed by atoms with Crippen molar-refractivity contribution >= 4 is 57.7 Å². The molecule has 0 radical (unpaired) electrons. The molecule has 2 aliphatic heterocycles. The third-order valence-electron chi connectivity index (χ3n) is 6.29. The topological polar surface area (TPSA) is 62.2 Å². The number of thioether (sulfide) groups is 2. The summed E-state index contributed by atoms with van der Waals surface area (Å²) in [5, 5.41) is 6.96. The Balaban J connectivity index is 1.49. The lowest BCUT2D eigenvalue weighted by atomic mass is 10.1. The van der Waals surface area contributed by atoms with Crippen LogP contribution >= 0.6 is 23.5 Å². The predicted molar refractivity (Wildman–Crippen MR) is 160 cm³/mol. The average Bonchev–Trinajstić information content (AvgIpc) is 3.50. The molecule has 192 valence electrons. The first-order valence-electron chi connectivity index (χ1n) is 12.3. The van der Waals surface area contributed by atoms with Crippen LogP contribution in [0.4, 0.5) is 11.4 Å². The first kappa shape index (κ1) is 25.0. The molecular formula is C31H23N3O3S2. The van der Waals surface area contributed by atoms with Crippen LogP contribution in [0.3, 0.4) is 0 Å². The number of hydrogen-bond donors (Lipinski definition) is 0. The van der Waals surface area contributed by atoms with Crippen molar-refractivity contribution in [2.75, 3.05) is 17.0 Å². The maximum absolute atomic E-state index is 14.2. The van der Waals surface area contributed by atoms with Crippen molar-refractivity contribution in [3.8, 4) is 5.75 Å². The van der Waals surface area contributed by atoms with Crippen molar-refractivity contribution in [3.63, 3.8) is 0 Å². The fourth-order valence-corrected chi connectivity index (χ4v) is 7.36. The molecule has 0 saturated carbocycles. The standard InChI is InChI=1S/C31H23N3O3S2/c1-37-26-19-17-22(18-20-26)21-27-30(36)33(24-13-7-3-8-14-24)31(38-27)34(25-15-9-4-10-16-25)32-29(39-31)28(35)23-11-5-2-6-12-23/h2-21H,1H3/b27-21-/t31-/m0/s1. The average molecular weight is 550 g/mol. The summed E-state index contributed by atoms with van der Waals surface area (Å²) in [5.41, 5.74) is 2.90. The molecule has 1 atom stereocenters.